The van der Waals surface area contributed by atoms with Crippen molar-refractivity contribution in [1.29, 1.82) is 0 Å². The van der Waals surface area contributed by atoms with Crippen molar-refractivity contribution in [1.82, 2.24) is 0 Å². The molecule has 0 aliphatic heterocycles. The fourth-order valence-electron chi connectivity index (χ4n) is 2.08. The Labute approximate surface area is 167 Å². The maximum atomic E-state index is 11.5. The summed E-state index contributed by atoms with van der Waals surface area (Å²) in [6.45, 7) is 6.78. The lowest BCUT2D eigenvalue weighted by Gasteiger charge is -2.09. The Hall–Kier alpha value is -3.62. The quantitative estimate of drug-likeness (QED) is 0.253. The van der Waals surface area contributed by atoms with E-state index in [4.69, 9.17) is 35.4 Å². The summed E-state index contributed by atoms with van der Waals surface area (Å²) in [6.07, 6.45) is -0.296. The molecule has 0 unspecified atom stereocenters. The minimum absolute atomic E-state index is 0.0171. The van der Waals surface area contributed by atoms with Gasteiger partial charge in [0.15, 0.2) is 40.3 Å². The molecule has 0 fully saturated rings. The molecular weight excluding hydrogens is 384 g/mol. The maximum Gasteiger partial charge on any atom is 0.338 e. The van der Waals surface area contributed by atoms with Crippen LogP contribution in [0.5, 0.6) is 34.5 Å². The maximum absolute atomic E-state index is 11.5. The Morgan fingerprint density at radius 3 is 1.34 bits per heavy atom. The zero-order valence-corrected chi connectivity index (χ0v) is 16.4. The molecule has 0 atom stereocenters. The van der Waals surface area contributed by atoms with Gasteiger partial charge < -0.3 is 35.4 Å². The van der Waals surface area contributed by atoms with E-state index in [0.717, 1.165) is 24.3 Å². The van der Waals surface area contributed by atoms with E-state index >= 15 is 0 Å². The number of carbonyl (C=O) groups excluding carboxylic acids is 2. The summed E-state index contributed by atoms with van der Waals surface area (Å²) >= 11 is 0. The van der Waals surface area contributed by atoms with E-state index in [-0.39, 0.29) is 28.9 Å². The molecule has 2 aromatic carbocycles. The molecule has 0 heterocycles. The van der Waals surface area contributed by atoms with Crippen LogP contribution in [-0.2, 0) is 4.74 Å². The molecule has 0 radical (unpaired) electrons. The van der Waals surface area contributed by atoms with Gasteiger partial charge in [0.1, 0.15) is 0 Å². The lowest BCUT2D eigenvalue weighted by molar-refractivity contribution is 0.0376. The number of carbonyl (C=O) groups is 2. The molecule has 6 N–H and O–H groups in total. The summed E-state index contributed by atoms with van der Waals surface area (Å²) in [4.78, 5) is 22.8. The van der Waals surface area contributed by atoms with E-state index < -0.39 is 40.5 Å². The van der Waals surface area contributed by atoms with Gasteiger partial charge in [-0.3, -0.25) is 4.79 Å². The van der Waals surface area contributed by atoms with Crippen LogP contribution in [-0.4, -0.2) is 48.5 Å². The van der Waals surface area contributed by atoms with Gasteiger partial charge in [-0.15, -0.1) is 0 Å². The second kappa shape index (κ2) is 9.54. The molecule has 2 aromatic rings. The molecule has 158 valence electrons. The first-order valence-corrected chi connectivity index (χ1v) is 8.60. The van der Waals surface area contributed by atoms with Crippen LogP contribution in [0.1, 0.15) is 48.4 Å². The van der Waals surface area contributed by atoms with E-state index in [1.165, 1.54) is 0 Å². The zero-order valence-electron chi connectivity index (χ0n) is 16.4. The first kappa shape index (κ1) is 23.4. The molecule has 0 aromatic heterocycles. The topological polar surface area (TPSA) is 165 Å². The number of aromatic hydroxyl groups is 6. The molecule has 0 amide bonds. The second-order valence-electron chi connectivity index (χ2n) is 6.70. The predicted molar refractivity (Wildman–Crippen MR) is 103 cm³/mol. The van der Waals surface area contributed by atoms with Gasteiger partial charge >= 0.3 is 5.97 Å². The van der Waals surface area contributed by atoms with Crippen molar-refractivity contribution in [2.24, 2.45) is 5.92 Å². The first-order valence-electron chi connectivity index (χ1n) is 8.60. The lowest BCUT2D eigenvalue weighted by atomic mass is 10.0. The highest BCUT2D eigenvalue weighted by Crippen LogP contribution is 2.36. The van der Waals surface area contributed by atoms with Crippen LogP contribution in [0, 0.1) is 5.92 Å². The zero-order chi connectivity index (χ0) is 22.5. The Morgan fingerprint density at radius 2 is 1.03 bits per heavy atom. The lowest BCUT2D eigenvalue weighted by Crippen LogP contribution is -2.11. The highest BCUT2D eigenvalue weighted by molar-refractivity contribution is 5.98. The molecule has 0 bridgehead atoms. The van der Waals surface area contributed by atoms with Gasteiger partial charge in [0.05, 0.1) is 11.7 Å². The van der Waals surface area contributed by atoms with Crippen LogP contribution in [0.3, 0.4) is 0 Å². The third-order valence-electron chi connectivity index (χ3n) is 3.53. The van der Waals surface area contributed by atoms with Crippen LogP contribution < -0.4 is 0 Å². The fraction of sp³-hybridized carbons (Fsp3) is 0.300. The normalized spacial score (nSPS) is 10.4. The third-order valence-corrected chi connectivity index (χ3v) is 3.53. The monoisotopic (exact) mass is 408 g/mol. The Balaban J connectivity index is 0.000000291. The van der Waals surface area contributed by atoms with E-state index in [1.807, 2.05) is 0 Å². The van der Waals surface area contributed by atoms with Crippen LogP contribution in [0.15, 0.2) is 24.3 Å². The van der Waals surface area contributed by atoms with Crippen LogP contribution in [0.25, 0.3) is 0 Å². The van der Waals surface area contributed by atoms with Crippen LogP contribution >= 0.6 is 0 Å². The van der Waals surface area contributed by atoms with Crippen LogP contribution in [0.2, 0.25) is 0 Å². The van der Waals surface area contributed by atoms with Gasteiger partial charge in [0.2, 0.25) is 0 Å². The van der Waals surface area contributed by atoms with Gasteiger partial charge in [-0.05, 0) is 38.1 Å². The fourth-order valence-corrected chi connectivity index (χ4v) is 2.08. The number of Topliss-reactive ketones (excluding diaryl/α,β-unsaturated/α-hetero) is 1. The van der Waals surface area contributed by atoms with Gasteiger partial charge in [-0.25, -0.2) is 4.79 Å². The average molecular weight is 408 g/mol. The standard InChI is InChI=1S/C10H12O5.C10H12O4/c1-5(2)15-10(14)6-3-7(11)9(13)8(12)4-6;1-5(2)9(13)6-3-7(11)10(14)8(12)4-6/h3-5,11-13H,1-2H3;3-5,11-12,14H,1-2H3. The average Bonchev–Trinajstić information content (AvgIpc) is 2.62. The minimum atomic E-state index is -0.671. The van der Waals surface area contributed by atoms with Crippen molar-refractivity contribution < 1.29 is 45.0 Å². The largest absolute Gasteiger partial charge is 0.504 e. The minimum Gasteiger partial charge on any atom is -0.504 e. The molecule has 0 aliphatic rings. The van der Waals surface area contributed by atoms with Crippen LogP contribution in [0.4, 0.5) is 0 Å². The number of phenols is 6. The number of ether oxygens (including phenoxy) is 1. The number of ketones is 1. The Bertz CT molecular complexity index is 855. The van der Waals surface area contributed by atoms with Crippen molar-refractivity contribution in [3.8, 4) is 34.5 Å². The number of benzene rings is 2. The number of hydrogen-bond donors (Lipinski definition) is 6. The summed E-state index contributed by atoms with van der Waals surface area (Å²) < 4.78 is 4.84. The summed E-state index contributed by atoms with van der Waals surface area (Å²) in [5.74, 6) is -4.47. The molecule has 0 saturated heterocycles. The molecule has 0 saturated carbocycles. The molecule has 29 heavy (non-hydrogen) atoms. The number of phenolic OH excluding ortho intramolecular Hbond substituents is 6. The summed E-state index contributed by atoms with van der Waals surface area (Å²) in [5, 5.41) is 54.7. The summed E-state index contributed by atoms with van der Waals surface area (Å²) in [5.41, 5.74) is 0.171. The first-order chi connectivity index (χ1) is 13.3. The highest BCUT2D eigenvalue weighted by atomic mass is 16.5. The van der Waals surface area contributed by atoms with Crippen molar-refractivity contribution in [3.63, 3.8) is 0 Å². The van der Waals surface area contributed by atoms with E-state index in [9.17, 15) is 9.59 Å². The predicted octanol–water partition coefficient (Wildman–Crippen LogP) is 3.01. The summed E-state index contributed by atoms with van der Waals surface area (Å²) in [7, 11) is 0. The molecule has 9 nitrogen and oxygen atoms in total. The van der Waals surface area contributed by atoms with E-state index in [1.54, 1.807) is 27.7 Å². The number of hydrogen-bond acceptors (Lipinski definition) is 9. The number of esters is 1. The molecule has 0 aliphatic carbocycles. The molecule has 9 heteroatoms. The van der Waals surface area contributed by atoms with Crippen molar-refractivity contribution in [3.05, 3.63) is 35.4 Å². The second-order valence-corrected chi connectivity index (χ2v) is 6.70. The van der Waals surface area contributed by atoms with E-state index in [0.29, 0.717) is 0 Å². The van der Waals surface area contributed by atoms with Gasteiger partial charge in [-0.2, -0.15) is 0 Å². The van der Waals surface area contributed by atoms with Gasteiger partial charge in [-0.1, -0.05) is 13.8 Å². The molecular formula is C20H24O9. The SMILES string of the molecule is CC(C)C(=O)c1cc(O)c(O)c(O)c1.CC(C)OC(=O)c1cc(O)c(O)c(O)c1. The van der Waals surface area contributed by atoms with E-state index in [2.05, 4.69) is 0 Å². The Kier molecular flexibility index (Phi) is 7.70. The summed E-state index contributed by atoms with van der Waals surface area (Å²) in [6, 6.07) is 4.33. The smallest absolute Gasteiger partial charge is 0.338 e. The molecule has 2 rings (SSSR count). The molecule has 0 spiro atoms. The Morgan fingerprint density at radius 1 is 0.690 bits per heavy atom. The highest BCUT2D eigenvalue weighted by Gasteiger charge is 2.16. The van der Waals surface area contributed by atoms with Gasteiger partial charge in [0, 0.05) is 11.5 Å². The van der Waals surface area contributed by atoms with Crippen molar-refractivity contribution >= 4 is 11.8 Å². The van der Waals surface area contributed by atoms with Crippen molar-refractivity contribution in [2.45, 2.75) is 33.8 Å². The third kappa shape index (κ3) is 6.20. The van der Waals surface area contributed by atoms with Gasteiger partial charge in [0.25, 0.3) is 0 Å². The number of rotatable bonds is 4. The van der Waals surface area contributed by atoms with Crippen molar-refractivity contribution in [2.75, 3.05) is 0 Å².